The maximum Gasteiger partial charge on any atom is 0.146 e. The molecule has 0 bridgehead atoms. The lowest BCUT2D eigenvalue weighted by atomic mass is 9.45. The van der Waals surface area contributed by atoms with Gasteiger partial charge in [0, 0.05) is 6.42 Å². The number of ketones is 1. The van der Waals surface area contributed by atoms with E-state index in [0.29, 0.717) is 23.7 Å². The number of carbonyl (C=O) groups excluding carboxylic acids is 2. The number of Topliss-reactive ketones (excluding diaryl/α,β-unsaturated/α-hetero) is 1. The fraction of sp³-hybridized carbons (Fsp3) is 0.895. The van der Waals surface area contributed by atoms with Gasteiger partial charge in [-0.3, -0.25) is 4.79 Å². The summed E-state index contributed by atoms with van der Waals surface area (Å²) in [6.07, 6.45) is 12.9. The molecule has 4 rings (SSSR count). The van der Waals surface area contributed by atoms with Gasteiger partial charge in [0.25, 0.3) is 0 Å². The van der Waals surface area contributed by atoms with Gasteiger partial charge in [0.15, 0.2) is 0 Å². The first-order valence-corrected chi connectivity index (χ1v) is 9.11. The second-order valence-electron chi connectivity index (χ2n) is 8.56. The van der Waals surface area contributed by atoms with Crippen molar-refractivity contribution in [1.82, 2.24) is 0 Å². The zero-order valence-corrected chi connectivity index (χ0v) is 13.3. The Labute approximate surface area is 128 Å². The summed E-state index contributed by atoms with van der Waals surface area (Å²) in [5, 5.41) is 0. The Morgan fingerprint density at radius 3 is 2.67 bits per heavy atom. The first-order valence-electron chi connectivity index (χ1n) is 9.11. The van der Waals surface area contributed by atoms with Crippen LogP contribution in [0.15, 0.2) is 0 Å². The lowest BCUT2D eigenvalue weighted by Gasteiger charge is -2.59. The fourth-order valence-corrected chi connectivity index (χ4v) is 7.01. The van der Waals surface area contributed by atoms with E-state index < -0.39 is 5.41 Å². The van der Waals surface area contributed by atoms with Crippen LogP contribution in [0.4, 0.5) is 0 Å². The van der Waals surface area contributed by atoms with Crippen LogP contribution >= 0.6 is 0 Å². The highest BCUT2D eigenvalue weighted by atomic mass is 16.1. The minimum absolute atomic E-state index is 0.261. The number of carbonyl (C=O) groups is 2. The van der Waals surface area contributed by atoms with Crippen molar-refractivity contribution in [2.24, 2.45) is 34.5 Å². The van der Waals surface area contributed by atoms with Gasteiger partial charge in [-0.25, -0.2) is 0 Å². The van der Waals surface area contributed by atoms with E-state index in [4.69, 9.17) is 0 Å². The lowest BCUT2D eigenvalue weighted by molar-refractivity contribution is -0.147. The molecular formula is C19H28O2. The minimum Gasteiger partial charge on any atom is -0.302 e. The molecule has 0 aromatic carbocycles. The molecule has 0 aromatic heterocycles. The fourth-order valence-electron chi connectivity index (χ4n) is 7.01. The third kappa shape index (κ3) is 1.71. The molecule has 116 valence electrons. The molecule has 4 fully saturated rings. The molecule has 1 unspecified atom stereocenters. The van der Waals surface area contributed by atoms with Gasteiger partial charge in [0.1, 0.15) is 12.1 Å². The van der Waals surface area contributed by atoms with Gasteiger partial charge in [0.05, 0.1) is 5.41 Å². The molecule has 0 aromatic rings. The van der Waals surface area contributed by atoms with Gasteiger partial charge in [-0.05, 0) is 74.0 Å². The van der Waals surface area contributed by atoms with Crippen LogP contribution in [0.1, 0.15) is 71.1 Å². The Morgan fingerprint density at radius 2 is 1.86 bits per heavy atom. The maximum atomic E-state index is 12.4. The van der Waals surface area contributed by atoms with Crippen LogP contribution in [-0.4, -0.2) is 12.1 Å². The van der Waals surface area contributed by atoms with Crippen LogP contribution in [0.3, 0.4) is 0 Å². The van der Waals surface area contributed by atoms with Gasteiger partial charge in [-0.1, -0.05) is 19.8 Å². The highest BCUT2D eigenvalue weighted by molar-refractivity contribution is 6.00. The summed E-state index contributed by atoms with van der Waals surface area (Å²) in [6, 6.07) is 0. The third-order valence-electron chi connectivity index (χ3n) is 8.12. The smallest absolute Gasteiger partial charge is 0.146 e. The Morgan fingerprint density at radius 1 is 1.00 bits per heavy atom. The molecular weight excluding hydrogens is 260 g/mol. The van der Waals surface area contributed by atoms with Crippen molar-refractivity contribution < 1.29 is 9.59 Å². The van der Waals surface area contributed by atoms with E-state index in [2.05, 4.69) is 6.92 Å². The van der Waals surface area contributed by atoms with Gasteiger partial charge in [-0.15, -0.1) is 0 Å². The van der Waals surface area contributed by atoms with Gasteiger partial charge in [0.2, 0.25) is 0 Å². The summed E-state index contributed by atoms with van der Waals surface area (Å²) in [7, 11) is 0. The summed E-state index contributed by atoms with van der Waals surface area (Å²) in [6.45, 7) is 2.54. The lowest BCUT2D eigenvalue weighted by Crippen LogP contribution is -2.54. The summed E-state index contributed by atoms with van der Waals surface area (Å²) in [5.41, 5.74) is -0.0686. The van der Waals surface area contributed by atoms with Crippen LogP contribution in [-0.2, 0) is 9.59 Å². The van der Waals surface area contributed by atoms with Gasteiger partial charge < -0.3 is 4.79 Å². The second-order valence-corrected chi connectivity index (χ2v) is 8.56. The third-order valence-corrected chi connectivity index (χ3v) is 8.12. The molecule has 6 atom stereocenters. The van der Waals surface area contributed by atoms with Crippen LogP contribution in [0.2, 0.25) is 0 Å². The molecule has 0 aliphatic heterocycles. The Kier molecular flexibility index (Phi) is 3.10. The van der Waals surface area contributed by atoms with Crippen molar-refractivity contribution in [2.45, 2.75) is 71.1 Å². The average molecular weight is 288 g/mol. The highest BCUT2D eigenvalue weighted by Crippen LogP contribution is 2.65. The predicted octanol–water partition coefficient (Wildman–Crippen LogP) is 4.17. The molecule has 0 amide bonds. The van der Waals surface area contributed by atoms with Crippen molar-refractivity contribution in [3.8, 4) is 0 Å². The van der Waals surface area contributed by atoms with Crippen molar-refractivity contribution in [3.05, 3.63) is 0 Å². The number of aldehydes is 1. The molecule has 21 heavy (non-hydrogen) atoms. The zero-order chi connectivity index (χ0) is 14.7. The maximum absolute atomic E-state index is 12.4. The second kappa shape index (κ2) is 4.67. The molecule has 2 nitrogen and oxygen atoms in total. The molecule has 4 aliphatic carbocycles. The number of fused-ring (bicyclic) bond motifs is 5. The van der Waals surface area contributed by atoms with E-state index >= 15 is 0 Å². The first kappa shape index (κ1) is 14.0. The number of rotatable bonds is 1. The van der Waals surface area contributed by atoms with Crippen molar-refractivity contribution in [1.29, 1.82) is 0 Å². The quantitative estimate of drug-likeness (QED) is 0.536. The van der Waals surface area contributed by atoms with E-state index in [1.807, 2.05) is 0 Å². The summed E-state index contributed by atoms with van der Waals surface area (Å²) >= 11 is 0. The van der Waals surface area contributed by atoms with Crippen molar-refractivity contribution >= 4 is 12.1 Å². The molecule has 4 saturated carbocycles. The molecule has 0 spiro atoms. The molecule has 2 heteroatoms. The molecule has 0 N–H and O–H groups in total. The SMILES string of the molecule is C[C@]12CCCCC1CC[C@@H]1[C@@H]2CC[C@]2(C=O)C(=O)CC[C@@H]12. The first-order chi connectivity index (χ1) is 10.1. The predicted molar refractivity (Wildman–Crippen MR) is 81.7 cm³/mol. The van der Waals surface area contributed by atoms with Crippen molar-refractivity contribution in [3.63, 3.8) is 0 Å². The standard InChI is InChI=1S/C19H28O2/c1-18-10-3-2-4-13(18)5-6-14-15(18)9-11-19(12-20)16(14)7-8-17(19)21/h12-16H,2-11H2,1H3/t13?,14-,15+,16+,18+,19-/m1/s1. The number of hydrogen-bond acceptors (Lipinski definition) is 2. The highest BCUT2D eigenvalue weighted by Gasteiger charge is 2.61. The average Bonchev–Trinajstić information content (AvgIpc) is 2.84. The number of hydrogen-bond donors (Lipinski definition) is 0. The molecule has 4 aliphatic rings. The van der Waals surface area contributed by atoms with E-state index in [-0.39, 0.29) is 5.78 Å². The van der Waals surface area contributed by atoms with Crippen LogP contribution < -0.4 is 0 Å². The Bertz CT molecular complexity index is 470. The normalized spacial score (nSPS) is 52.7. The van der Waals surface area contributed by atoms with Gasteiger partial charge >= 0.3 is 0 Å². The summed E-state index contributed by atoms with van der Waals surface area (Å²) in [4.78, 5) is 24.2. The van der Waals surface area contributed by atoms with Crippen LogP contribution in [0.5, 0.6) is 0 Å². The Hall–Kier alpha value is -0.660. The molecule has 0 radical (unpaired) electrons. The molecule has 0 saturated heterocycles. The van der Waals surface area contributed by atoms with E-state index in [1.54, 1.807) is 0 Å². The largest absolute Gasteiger partial charge is 0.302 e. The van der Waals surface area contributed by atoms with E-state index in [9.17, 15) is 9.59 Å². The van der Waals surface area contributed by atoms with E-state index in [1.165, 1.54) is 38.5 Å². The zero-order valence-electron chi connectivity index (χ0n) is 13.3. The minimum atomic E-state index is -0.570. The van der Waals surface area contributed by atoms with Gasteiger partial charge in [-0.2, -0.15) is 0 Å². The monoisotopic (exact) mass is 288 g/mol. The van der Waals surface area contributed by atoms with Crippen LogP contribution in [0.25, 0.3) is 0 Å². The van der Waals surface area contributed by atoms with E-state index in [0.717, 1.165) is 37.4 Å². The van der Waals surface area contributed by atoms with Crippen LogP contribution in [0, 0.1) is 34.5 Å². The topological polar surface area (TPSA) is 34.1 Å². The van der Waals surface area contributed by atoms with Crippen molar-refractivity contribution in [2.75, 3.05) is 0 Å². The summed E-state index contributed by atoms with van der Waals surface area (Å²) in [5.74, 6) is 2.97. The summed E-state index contributed by atoms with van der Waals surface area (Å²) < 4.78 is 0. The Balaban J connectivity index is 1.68. The molecule has 0 heterocycles.